The third-order valence-corrected chi connectivity index (χ3v) is 7.88. The van der Waals surface area contributed by atoms with Crippen LogP contribution in [0.3, 0.4) is 0 Å². The van der Waals surface area contributed by atoms with Gasteiger partial charge in [0.2, 0.25) is 11.9 Å². The molecule has 5 rings (SSSR count). The molecule has 0 aromatic carbocycles. The predicted octanol–water partition coefficient (Wildman–Crippen LogP) is 0.637. The van der Waals surface area contributed by atoms with Crippen molar-refractivity contribution in [3.05, 3.63) is 18.0 Å². The number of aromatic nitrogens is 4. The fourth-order valence-electron chi connectivity index (χ4n) is 4.43. The minimum Gasteiger partial charge on any atom is -0.377 e. The number of fused-ring (bicyclic) bond motifs is 1. The molecule has 5 heterocycles. The van der Waals surface area contributed by atoms with Crippen molar-refractivity contribution in [3.8, 4) is 11.3 Å². The summed E-state index contributed by atoms with van der Waals surface area (Å²) in [6, 6.07) is -0.396. The number of rotatable bonds is 4. The van der Waals surface area contributed by atoms with Crippen molar-refractivity contribution >= 4 is 27.7 Å². The van der Waals surface area contributed by atoms with Gasteiger partial charge in [-0.2, -0.15) is 22.5 Å². The first-order chi connectivity index (χ1) is 16.1. The standard InChI is InChI=1S/C19H23F3N8O3S/c1-11-10-33-5-4-29(11)18-26-15(12-6-24-17(23)25-7-12)14-2-3-30(16(14)27-18)13-8-28(9-13)34(31,32)19(20,21)22/h6-7,11,13H,2-5,8-10H2,1H3,(H2,23,24,25)/t11-/m0/s1. The summed E-state index contributed by atoms with van der Waals surface area (Å²) in [5.41, 5.74) is 2.40. The van der Waals surface area contributed by atoms with E-state index in [9.17, 15) is 21.6 Å². The normalized spacial score (nSPS) is 22.1. The molecule has 15 heteroatoms. The minimum absolute atomic E-state index is 0.0216. The molecule has 0 aliphatic carbocycles. The summed E-state index contributed by atoms with van der Waals surface area (Å²) in [7, 11) is -5.34. The SMILES string of the molecule is C[C@H]1COCCN1c1nc(-c2cnc(N)nc2)c2c(n1)N(C1CN(S(=O)(=O)C(F)(F)F)C1)CC2. The van der Waals surface area contributed by atoms with Crippen LogP contribution < -0.4 is 15.5 Å². The summed E-state index contributed by atoms with van der Waals surface area (Å²) < 4.78 is 68.1. The summed E-state index contributed by atoms with van der Waals surface area (Å²) in [5.74, 6) is 1.18. The summed E-state index contributed by atoms with van der Waals surface area (Å²) in [6.45, 7) is 3.58. The van der Waals surface area contributed by atoms with Crippen LogP contribution >= 0.6 is 0 Å². The number of sulfonamides is 1. The Bertz CT molecular complexity index is 1190. The second-order valence-electron chi connectivity index (χ2n) is 8.49. The van der Waals surface area contributed by atoms with Gasteiger partial charge in [-0.25, -0.2) is 23.4 Å². The molecular formula is C19H23F3N8O3S. The van der Waals surface area contributed by atoms with E-state index in [4.69, 9.17) is 20.4 Å². The lowest BCUT2D eigenvalue weighted by molar-refractivity contribution is -0.0510. The van der Waals surface area contributed by atoms with E-state index in [-0.39, 0.29) is 25.1 Å². The third-order valence-electron chi connectivity index (χ3n) is 6.32. The van der Waals surface area contributed by atoms with Gasteiger partial charge < -0.3 is 20.3 Å². The lowest BCUT2D eigenvalue weighted by atomic mass is 10.1. The van der Waals surface area contributed by atoms with Gasteiger partial charge in [0.05, 0.1) is 31.0 Å². The van der Waals surface area contributed by atoms with Gasteiger partial charge in [-0.15, -0.1) is 0 Å². The second-order valence-corrected chi connectivity index (χ2v) is 10.4. The number of alkyl halides is 3. The van der Waals surface area contributed by atoms with Gasteiger partial charge in [-0.05, 0) is 13.3 Å². The van der Waals surface area contributed by atoms with Gasteiger partial charge in [0.25, 0.3) is 0 Å². The van der Waals surface area contributed by atoms with Gasteiger partial charge in [0.15, 0.2) is 0 Å². The molecule has 2 aromatic heterocycles. The van der Waals surface area contributed by atoms with Crippen molar-refractivity contribution in [3.63, 3.8) is 0 Å². The Labute approximate surface area is 193 Å². The van der Waals surface area contributed by atoms with Crippen LogP contribution in [0, 0.1) is 0 Å². The van der Waals surface area contributed by atoms with E-state index < -0.39 is 21.6 Å². The van der Waals surface area contributed by atoms with Gasteiger partial charge in [0.1, 0.15) is 5.82 Å². The average molecular weight is 501 g/mol. The van der Waals surface area contributed by atoms with Crippen LogP contribution in [0.5, 0.6) is 0 Å². The molecule has 1 atom stereocenters. The molecule has 2 aromatic rings. The van der Waals surface area contributed by atoms with Crippen LogP contribution in [0.15, 0.2) is 12.4 Å². The number of hydrogen-bond donors (Lipinski definition) is 1. The molecule has 0 unspecified atom stereocenters. The molecule has 0 spiro atoms. The first kappa shape index (κ1) is 23.0. The van der Waals surface area contributed by atoms with E-state index in [1.807, 2.05) is 16.7 Å². The molecule has 0 amide bonds. The fraction of sp³-hybridized carbons (Fsp3) is 0.579. The second kappa shape index (κ2) is 8.16. The Hall–Kier alpha value is -2.78. The van der Waals surface area contributed by atoms with Crippen LogP contribution in [0.1, 0.15) is 12.5 Å². The molecule has 0 saturated carbocycles. The number of nitrogens with zero attached hydrogens (tertiary/aromatic N) is 7. The number of morpholine rings is 1. The first-order valence-electron chi connectivity index (χ1n) is 10.7. The largest absolute Gasteiger partial charge is 0.511 e. The molecule has 34 heavy (non-hydrogen) atoms. The van der Waals surface area contributed by atoms with Gasteiger partial charge in [-0.3, -0.25) is 0 Å². The summed E-state index contributed by atoms with van der Waals surface area (Å²) in [6.07, 6.45) is 3.69. The number of nitrogen functional groups attached to an aromatic ring is 1. The highest BCUT2D eigenvalue weighted by Crippen LogP contribution is 2.39. The smallest absolute Gasteiger partial charge is 0.377 e. The molecular weight excluding hydrogens is 477 g/mol. The lowest BCUT2D eigenvalue weighted by Gasteiger charge is -2.43. The topological polar surface area (TPSA) is 131 Å². The van der Waals surface area contributed by atoms with E-state index in [2.05, 4.69) is 9.97 Å². The molecule has 184 valence electrons. The van der Waals surface area contributed by atoms with Crippen LogP contribution in [0.25, 0.3) is 11.3 Å². The maximum absolute atomic E-state index is 12.9. The van der Waals surface area contributed by atoms with E-state index in [1.165, 1.54) is 0 Å². The van der Waals surface area contributed by atoms with Crippen LogP contribution in [-0.2, 0) is 21.2 Å². The van der Waals surface area contributed by atoms with Crippen LogP contribution in [0.4, 0.5) is 30.9 Å². The third kappa shape index (κ3) is 3.80. The first-order valence-corrected chi connectivity index (χ1v) is 12.2. The Morgan fingerprint density at radius 2 is 1.82 bits per heavy atom. The molecule has 3 aliphatic rings. The Balaban J connectivity index is 1.50. The Morgan fingerprint density at radius 1 is 1.12 bits per heavy atom. The van der Waals surface area contributed by atoms with Crippen molar-refractivity contribution in [2.24, 2.45) is 0 Å². The van der Waals surface area contributed by atoms with E-state index in [1.54, 1.807) is 12.4 Å². The van der Waals surface area contributed by atoms with Crippen molar-refractivity contribution in [2.75, 3.05) is 54.9 Å². The monoisotopic (exact) mass is 500 g/mol. The van der Waals surface area contributed by atoms with Crippen molar-refractivity contribution in [1.29, 1.82) is 0 Å². The van der Waals surface area contributed by atoms with E-state index in [0.717, 1.165) is 5.56 Å². The lowest BCUT2D eigenvalue weighted by Crippen LogP contribution is -2.63. The van der Waals surface area contributed by atoms with Crippen molar-refractivity contribution in [1.82, 2.24) is 24.2 Å². The number of nitrogens with two attached hydrogens (primary N) is 1. The molecule has 0 radical (unpaired) electrons. The maximum atomic E-state index is 12.9. The number of anilines is 3. The predicted molar refractivity (Wildman–Crippen MR) is 116 cm³/mol. The van der Waals surface area contributed by atoms with E-state index >= 15 is 0 Å². The zero-order chi connectivity index (χ0) is 24.3. The maximum Gasteiger partial charge on any atom is 0.511 e. The van der Waals surface area contributed by atoms with Crippen molar-refractivity contribution in [2.45, 2.75) is 30.9 Å². The summed E-state index contributed by atoms with van der Waals surface area (Å²) in [5, 5.41) is 0. The Kier molecular flexibility index (Phi) is 5.52. The molecule has 11 nitrogen and oxygen atoms in total. The van der Waals surface area contributed by atoms with Gasteiger partial charge in [0, 0.05) is 49.7 Å². The molecule has 3 aliphatic heterocycles. The molecule has 0 bridgehead atoms. The molecule has 2 N–H and O–H groups in total. The highest BCUT2D eigenvalue weighted by atomic mass is 32.2. The zero-order valence-electron chi connectivity index (χ0n) is 18.2. The number of ether oxygens (including phenoxy) is 1. The minimum atomic E-state index is -5.34. The van der Waals surface area contributed by atoms with Gasteiger partial charge in [-0.1, -0.05) is 0 Å². The molecule has 2 saturated heterocycles. The van der Waals surface area contributed by atoms with Crippen LogP contribution in [0.2, 0.25) is 0 Å². The number of halogens is 3. The Morgan fingerprint density at radius 3 is 2.47 bits per heavy atom. The summed E-state index contributed by atoms with van der Waals surface area (Å²) in [4.78, 5) is 21.6. The number of hydrogen-bond acceptors (Lipinski definition) is 10. The fourth-order valence-corrected chi connectivity index (χ4v) is 5.46. The average Bonchev–Trinajstić information content (AvgIpc) is 3.16. The van der Waals surface area contributed by atoms with Gasteiger partial charge >= 0.3 is 15.5 Å². The highest BCUT2D eigenvalue weighted by Gasteiger charge is 2.54. The van der Waals surface area contributed by atoms with Crippen molar-refractivity contribution < 1.29 is 26.3 Å². The van der Waals surface area contributed by atoms with E-state index in [0.29, 0.717) is 60.1 Å². The summed E-state index contributed by atoms with van der Waals surface area (Å²) >= 11 is 0. The zero-order valence-corrected chi connectivity index (χ0v) is 19.1. The molecule has 2 fully saturated rings. The highest BCUT2D eigenvalue weighted by molar-refractivity contribution is 7.90. The van der Waals surface area contributed by atoms with Crippen LogP contribution in [-0.4, -0.2) is 89.6 Å². The quantitative estimate of drug-likeness (QED) is 0.638.